The van der Waals surface area contributed by atoms with Crippen LogP contribution in [-0.4, -0.2) is 37.5 Å². The molecule has 1 rings (SSSR count). The third-order valence-corrected chi connectivity index (χ3v) is 4.17. The largest absolute Gasteiger partial charge is 0.348 e. The maximum absolute atomic E-state index is 12.4. The maximum atomic E-state index is 12.4. The van der Waals surface area contributed by atoms with Crippen molar-refractivity contribution in [1.82, 2.24) is 10.2 Å². The SMILES string of the molecule is Cc1cccc(C(=O)NC(CC(C)C)CN(C)C)c1Br. The first kappa shape index (κ1) is 17.2. The molecule has 0 aromatic heterocycles. The van der Waals surface area contributed by atoms with Gasteiger partial charge in [0.2, 0.25) is 0 Å². The molecule has 0 heterocycles. The Hall–Kier alpha value is -0.870. The topological polar surface area (TPSA) is 32.3 Å². The summed E-state index contributed by atoms with van der Waals surface area (Å²) in [5, 5.41) is 3.15. The number of aryl methyl sites for hydroxylation is 1. The van der Waals surface area contributed by atoms with Crippen LogP contribution in [0.4, 0.5) is 0 Å². The first-order valence-electron chi connectivity index (χ1n) is 7.02. The van der Waals surface area contributed by atoms with Gasteiger partial charge < -0.3 is 10.2 Å². The fourth-order valence-corrected chi connectivity index (χ4v) is 2.72. The highest BCUT2D eigenvalue weighted by Crippen LogP contribution is 2.21. The highest BCUT2D eigenvalue weighted by atomic mass is 79.9. The number of carbonyl (C=O) groups excluding carboxylic acids is 1. The van der Waals surface area contributed by atoms with E-state index in [0.29, 0.717) is 11.5 Å². The van der Waals surface area contributed by atoms with Crippen molar-refractivity contribution in [2.24, 2.45) is 5.92 Å². The molecule has 20 heavy (non-hydrogen) atoms. The molecule has 0 aliphatic carbocycles. The second-order valence-corrected chi connectivity index (χ2v) is 6.79. The van der Waals surface area contributed by atoms with Crippen LogP contribution in [0, 0.1) is 12.8 Å². The fourth-order valence-electron chi connectivity index (χ4n) is 2.27. The number of likely N-dealkylation sites (N-methyl/N-ethyl adjacent to an activating group) is 1. The molecule has 4 heteroatoms. The molecule has 1 unspecified atom stereocenters. The van der Waals surface area contributed by atoms with Gasteiger partial charge in [-0.25, -0.2) is 0 Å². The minimum Gasteiger partial charge on any atom is -0.348 e. The molecule has 0 fully saturated rings. The maximum Gasteiger partial charge on any atom is 0.252 e. The second kappa shape index (κ2) is 7.79. The molecular formula is C16H25BrN2O. The van der Waals surface area contributed by atoms with Gasteiger partial charge in [-0.2, -0.15) is 0 Å². The Morgan fingerprint density at radius 3 is 2.55 bits per heavy atom. The van der Waals surface area contributed by atoms with Crippen molar-refractivity contribution in [2.45, 2.75) is 33.2 Å². The molecule has 0 aliphatic rings. The lowest BCUT2D eigenvalue weighted by Crippen LogP contribution is -2.42. The summed E-state index contributed by atoms with van der Waals surface area (Å²) in [5.74, 6) is 0.550. The minimum atomic E-state index is -0.00641. The van der Waals surface area contributed by atoms with E-state index in [1.807, 2.05) is 39.2 Å². The number of benzene rings is 1. The number of halogens is 1. The van der Waals surface area contributed by atoms with Crippen LogP contribution in [-0.2, 0) is 0 Å². The summed E-state index contributed by atoms with van der Waals surface area (Å²) in [4.78, 5) is 14.5. The van der Waals surface area contributed by atoms with Gasteiger partial charge in [0, 0.05) is 17.1 Å². The van der Waals surface area contributed by atoms with Gasteiger partial charge >= 0.3 is 0 Å². The van der Waals surface area contributed by atoms with Crippen molar-refractivity contribution in [3.63, 3.8) is 0 Å². The smallest absolute Gasteiger partial charge is 0.252 e. The molecule has 0 radical (unpaired) electrons. The number of carbonyl (C=O) groups is 1. The van der Waals surface area contributed by atoms with E-state index in [0.717, 1.165) is 23.0 Å². The van der Waals surface area contributed by atoms with Crippen molar-refractivity contribution in [1.29, 1.82) is 0 Å². The molecule has 0 aliphatic heterocycles. The number of nitrogens with one attached hydrogen (secondary N) is 1. The van der Waals surface area contributed by atoms with Crippen LogP contribution in [0.2, 0.25) is 0 Å². The summed E-state index contributed by atoms with van der Waals surface area (Å²) >= 11 is 3.50. The molecule has 1 atom stereocenters. The zero-order chi connectivity index (χ0) is 15.3. The van der Waals surface area contributed by atoms with Crippen molar-refractivity contribution in [3.8, 4) is 0 Å². The molecule has 1 aromatic rings. The van der Waals surface area contributed by atoms with Crippen LogP contribution in [0.1, 0.15) is 36.2 Å². The van der Waals surface area contributed by atoms with Gasteiger partial charge in [-0.1, -0.05) is 26.0 Å². The van der Waals surface area contributed by atoms with Gasteiger partial charge in [-0.15, -0.1) is 0 Å². The van der Waals surface area contributed by atoms with Crippen LogP contribution in [0.25, 0.3) is 0 Å². The van der Waals surface area contributed by atoms with E-state index in [4.69, 9.17) is 0 Å². The lowest BCUT2D eigenvalue weighted by atomic mass is 10.0. The Bertz CT molecular complexity index is 448. The Morgan fingerprint density at radius 1 is 1.35 bits per heavy atom. The van der Waals surface area contributed by atoms with Crippen LogP contribution < -0.4 is 5.32 Å². The summed E-state index contributed by atoms with van der Waals surface area (Å²) in [5.41, 5.74) is 1.78. The summed E-state index contributed by atoms with van der Waals surface area (Å²) in [6.07, 6.45) is 0.980. The van der Waals surface area contributed by atoms with E-state index >= 15 is 0 Å². The highest BCUT2D eigenvalue weighted by Gasteiger charge is 2.18. The molecule has 0 saturated heterocycles. The average molecular weight is 341 g/mol. The Morgan fingerprint density at radius 2 is 2.00 bits per heavy atom. The monoisotopic (exact) mass is 340 g/mol. The van der Waals surface area contributed by atoms with Gasteiger partial charge in [-0.05, 0) is 60.9 Å². The van der Waals surface area contributed by atoms with E-state index in [-0.39, 0.29) is 11.9 Å². The lowest BCUT2D eigenvalue weighted by Gasteiger charge is -2.24. The molecule has 0 saturated carbocycles. The van der Waals surface area contributed by atoms with Gasteiger partial charge in [0.05, 0.1) is 5.56 Å². The van der Waals surface area contributed by atoms with E-state index in [1.165, 1.54) is 0 Å². The normalized spacial score (nSPS) is 12.8. The quantitative estimate of drug-likeness (QED) is 0.859. The Balaban J connectivity index is 2.81. The standard InChI is InChI=1S/C16H25BrN2O/c1-11(2)9-13(10-19(4)5)18-16(20)14-8-6-7-12(3)15(14)17/h6-8,11,13H,9-10H2,1-5H3,(H,18,20). The first-order chi connectivity index (χ1) is 9.31. The number of amides is 1. The van der Waals surface area contributed by atoms with Crippen LogP contribution >= 0.6 is 15.9 Å². The predicted molar refractivity (Wildman–Crippen MR) is 88.1 cm³/mol. The predicted octanol–water partition coefficient (Wildman–Crippen LogP) is 3.46. The zero-order valence-electron chi connectivity index (χ0n) is 13.0. The van der Waals surface area contributed by atoms with Gasteiger partial charge in [0.1, 0.15) is 0 Å². The summed E-state index contributed by atoms with van der Waals surface area (Å²) in [6, 6.07) is 5.93. The number of rotatable bonds is 6. The average Bonchev–Trinajstić information content (AvgIpc) is 2.30. The van der Waals surface area contributed by atoms with E-state index in [1.54, 1.807) is 0 Å². The van der Waals surface area contributed by atoms with Crippen LogP contribution in [0.15, 0.2) is 22.7 Å². The van der Waals surface area contributed by atoms with Crippen molar-refractivity contribution in [3.05, 3.63) is 33.8 Å². The molecule has 0 bridgehead atoms. The highest BCUT2D eigenvalue weighted by molar-refractivity contribution is 9.10. The number of nitrogens with zero attached hydrogens (tertiary/aromatic N) is 1. The Kier molecular flexibility index (Phi) is 6.69. The third kappa shape index (κ3) is 5.25. The van der Waals surface area contributed by atoms with Crippen LogP contribution in [0.3, 0.4) is 0 Å². The summed E-state index contributed by atoms with van der Waals surface area (Å²) < 4.78 is 0.880. The van der Waals surface area contributed by atoms with Crippen molar-refractivity contribution in [2.75, 3.05) is 20.6 Å². The number of hydrogen-bond donors (Lipinski definition) is 1. The van der Waals surface area contributed by atoms with Crippen molar-refractivity contribution < 1.29 is 4.79 Å². The second-order valence-electron chi connectivity index (χ2n) is 6.00. The van der Waals surface area contributed by atoms with Gasteiger partial charge in [0.15, 0.2) is 0 Å². The first-order valence-corrected chi connectivity index (χ1v) is 7.81. The lowest BCUT2D eigenvalue weighted by molar-refractivity contribution is 0.0923. The molecule has 1 amide bonds. The Labute approximate surface area is 130 Å². The minimum absolute atomic E-state index is 0.00641. The van der Waals surface area contributed by atoms with Crippen LogP contribution in [0.5, 0.6) is 0 Å². The molecular weight excluding hydrogens is 316 g/mol. The molecule has 0 spiro atoms. The number of hydrogen-bond acceptors (Lipinski definition) is 2. The fraction of sp³-hybridized carbons (Fsp3) is 0.562. The van der Waals surface area contributed by atoms with Gasteiger partial charge in [0.25, 0.3) is 5.91 Å². The summed E-state index contributed by atoms with van der Waals surface area (Å²) in [6.45, 7) is 7.20. The van der Waals surface area contributed by atoms with E-state index in [9.17, 15) is 4.79 Å². The summed E-state index contributed by atoms with van der Waals surface area (Å²) in [7, 11) is 4.06. The van der Waals surface area contributed by atoms with Gasteiger partial charge in [-0.3, -0.25) is 4.79 Å². The third-order valence-electron chi connectivity index (χ3n) is 3.11. The van der Waals surface area contributed by atoms with Crippen molar-refractivity contribution >= 4 is 21.8 Å². The van der Waals surface area contributed by atoms with E-state index in [2.05, 4.69) is 40.0 Å². The molecule has 1 N–H and O–H groups in total. The molecule has 112 valence electrons. The van der Waals surface area contributed by atoms with E-state index < -0.39 is 0 Å². The zero-order valence-corrected chi connectivity index (χ0v) is 14.6. The molecule has 3 nitrogen and oxygen atoms in total. The molecule has 1 aromatic carbocycles.